The topological polar surface area (TPSA) is 41.6 Å². The molecule has 2 aliphatic heterocycles. The second-order valence-corrected chi connectivity index (χ2v) is 4.64. The van der Waals surface area contributed by atoms with Gasteiger partial charge in [-0.05, 0) is 18.6 Å². The van der Waals surface area contributed by atoms with E-state index in [0.717, 1.165) is 30.1 Å². The summed E-state index contributed by atoms with van der Waals surface area (Å²) in [5, 5.41) is 3.01. The van der Waals surface area contributed by atoms with E-state index in [1.165, 1.54) is 0 Å². The molecule has 3 rings (SSSR count). The van der Waals surface area contributed by atoms with Crippen molar-refractivity contribution in [3.8, 4) is 0 Å². The molecule has 1 aromatic carbocycles. The van der Waals surface area contributed by atoms with Crippen LogP contribution in [0.1, 0.15) is 12.0 Å². The third-order valence-electron chi connectivity index (χ3n) is 3.47. The Balaban J connectivity index is 2.09. The Kier molecular flexibility index (Phi) is 2.52. The fourth-order valence-corrected chi connectivity index (χ4v) is 2.60. The van der Waals surface area contributed by atoms with Gasteiger partial charge in [0.25, 0.3) is 0 Å². The molecule has 1 N–H and O–H groups in total. The third kappa shape index (κ3) is 1.78. The molecule has 1 atom stereocenters. The summed E-state index contributed by atoms with van der Waals surface area (Å²) in [6, 6.07) is 6.32. The molecule has 2 aliphatic rings. The van der Waals surface area contributed by atoms with Crippen molar-refractivity contribution in [2.75, 3.05) is 30.0 Å². The van der Waals surface area contributed by atoms with E-state index in [9.17, 15) is 4.79 Å². The molecule has 1 amide bonds. The summed E-state index contributed by atoms with van der Waals surface area (Å²) in [6.07, 6.45) is 0.508. The van der Waals surface area contributed by atoms with Gasteiger partial charge in [0.1, 0.15) is 0 Å². The molecule has 1 fully saturated rings. The molecule has 0 aromatic heterocycles. The molecule has 0 saturated carbocycles. The Hall–Kier alpha value is -1.55. The number of para-hydroxylation sites is 1. The lowest BCUT2D eigenvalue weighted by atomic mass is 10.1. The van der Waals surface area contributed by atoms with Gasteiger partial charge >= 0.3 is 0 Å². The van der Waals surface area contributed by atoms with E-state index < -0.39 is 0 Å². The van der Waals surface area contributed by atoms with Crippen molar-refractivity contribution in [1.29, 1.82) is 0 Å². The number of hydrogen-bond donors (Lipinski definition) is 1. The molecule has 90 valence electrons. The maximum absolute atomic E-state index is 11.9. The molecule has 17 heavy (non-hydrogen) atoms. The van der Waals surface area contributed by atoms with Gasteiger partial charge < -0.3 is 15.0 Å². The van der Waals surface area contributed by atoms with Gasteiger partial charge in [0.2, 0.25) is 5.91 Å². The van der Waals surface area contributed by atoms with E-state index in [0.29, 0.717) is 13.0 Å². The van der Waals surface area contributed by atoms with Crippen molar-refractivity contribution in [3.05, 3.63) is 23.8 Å². The van der Waals surface area contributed by atoms with Crippen LogP contribution >= 0.6 is 0 Å². The quantitative estimate of drug-likeness (QED) is 0.737. The van der Waals surface area contributed by atoms with Crippen molar-refractivity contribution >= 4 is 17.3 Å². The van der Waals surface area contributed by atoms with Gasteiger partial charge in [-0.1, -0.05) is 12.1 Å². The van der Waals surface area contributed by atoms with E-state index in [1.54, 1.807) is 0 Å². The van der Waals surface area contributed by atoms with Gasteiger partial charge in [-0.25, -0.2) is 0 Å². The summed E-state index contributed by atoms with van der Waals surface area (Å²) in [5.41, 5.74) is 3.20. The number of carbonyl (C=O) groups excluding carboxylic acids is 1. The van der Waals surface area contributed by atoms with Crippen LogP contribution < -0.4 is 10.2 Å². The Bertz CT molecular complexity index is 459. The molecule has 1 saturated heterocycles. The second-order valence-electron chi connectivity index (χ2n) is 4.64. The normalized spacial score (nSPS) is 23.5. The Morgan fingerprint density at radius 1 is 1.47 bits per heavy atom. The number of anilines is 2. The van der Waals surface area contributed by atoms with Gasteiger partial charge in [0.15, 0.2) is 0 Å². The number of morpholine rings is 1. The zero-order valence-electron chi connectivity index (χ0n) is 9.90. The summed E-state index contributed by atoms with van der Waals surface area (Å²) in [5.74, 6) is 0.0820. The minimum Gasteiger partial charge on any atom is -0.377 e. The summed E-state index contributed by atoms with van der Waals surface area (Å²) in [7, 11) is 0. The maximum atomic E-state index is 11.9. The molecule has 0 aliphatic carbocycles. The molecular formula is C13H16N2O2. The van der Waals surface area contributed by atoms with Gasteiger partial charge in [0.05, 0.1) is 30.6 Å². The number of aryl methyl sites for hydroxylation is 1. The average Bonchev–Trinajstić information content (AvgIpc) is 2.46. The fourth-order valence-electron chi connectivity index (χ4n) is 2.60. The van der Waals surface area contributed by atoms with E-state index >= 15 is 0 Å². The van der Waals surface area contributed by atoms with E-state index in [2.05, 4.69) is 16.3 Å². The van der Waals surface area contributed by atoms with Crippen LogP contribution in [0.25, 0.3) is 0 Å². The summed E-state index contributed by atoms with van der Waals surface area (Å²) in [4.78, 5) is 14.2. The van der Waals surface area contributed by atoms with Crippen LogP contribution in [-0.2, 0) is 9.53 Å². The van der Waals surface area contributed by atoms with Crippen LogP contribution in [0, 0.1) is 6.92 Å². The van der Waals surface area contributed by atoms with Gasteiger partial charge in [-0.3, -0.25) is 4.79 Å². The van der Waals surface area contributed by atoms with Crippen LogP contribution in [0.15, 0.2) is 18.2 Å². The molecule has 4 heteroatoms. The number of amides is 1. The lowest BCUT2D eigenvalue weighted by Crippen LogP contribution is -2.45. The molecule has 0 bridgehead atoms. The SMILES string of the molecule is Cc1cccc2c1NC(=O)CC1COCCN21. The summed E-state index contributed by atoms with van der Waals surface area (Å²) >= 11 is 0. The Morgan fingerprint density at radius 3 is 3.24 bits per heavy atom. The van der Waals surface area contributed by atoms with Crippen LogP contribution in [0.4, 0.5) is 11.4 Å². The van der Waals surface area contributed by atoms with Crippen molar-refractivity contribution in [3.63, 3.8) is 0 Å². The molecule has 1 unspecified atom stereocenters. The highest BCUT2D eigenvalue weighted by Crippen LogP contribution is 2.34. The molecule has 4 nitrogen and oxygen atoms in total. The number of hydrogen-bond acceptors (Lipinski definition) is 3. The summed E-state index contributed by atoms with van der Waals surface area (Å²) in [6.45, 7) is 4.26. The number of carbonyl (C=O) groups is 1. The molecular weight excluding hydrogens is 216 g/mol. The van der Waals surface area contributed by atoms with Gasteiger partial charge in [0, 0.05) is 13.0 Å². The molecule has 1 aromatic rings. The number of fused-ring (bicyclic) bond motifs is 3. The van der Waals surface area contributed by atoms with Crippen LogP contribution in [0.5, 0.6) is 0 Å². The van der Waals surface area contributed by atoms with Crippen LogP contribution in [-0.4, -0.2) is 31.7 Å². The lowest BCUT2D eigenvalue weighted by Gasteiger charge is -2.36. The van der Waals surface area contributed by atoms with E-state index in [1.807, 2.05) is 19.1 Å². The smallest absolute Gasteiger partial charge is 0.226 e. The highest BCUT2D eigenvalue weighted by atomic mass is 16.5. The van der Waals surface area contributed by atoms with Crippen molar-refractivity contribution in [1.82, 2.24) is 0 Å². The number of ether oxygens (including phenoxy) is 1. The highest BCUT2D eigenvalue weighted by molar-refractivity contribution is 5.97. The van der Waals surface area contributed by atoms with E-state index in [-0.39, 0.29) is 11.9 Å². The van der Waals surface area contributed by atoms with Crippen LogP contribution in [0.3, 0.4) is 0 Å². The fraction of sp³-hybridized carbons (Fsp3) is 0.462. The van der Waals surface area contributed by atoms with Crippen molar-refractivity contribution in [2.24, 2.45) is 0 Å². The number of nitrogens with zero attached hydrogens (tertiary/aromatic N) is 1. The molecule has 0 radical (unpaired) electrons. The zero-order valence-corrected chi connectivity index (χ0v) is 9.90. The first-order chi connectivity index (χ1) is 8.25. The number of nitrogens with one attached hydrogen (secondary N) is 1. The largest absolute Gasteiger partial charge is 0.377 e. The highest BCUT2D eigenvalue weighted by Gasteiger charge is 2.30. The average molecular weight is 232 g/mol. The van der Waals surface area contributed by atoms with E-state index in [4.69, 9.17) is 4.74 Å². The zero-order chi connectivity index (χ0) is 11.8. The molecule has 0 spiro atoms. The number of benzene rings is 1. The monoisotopic (exact) mass is 232 g/mol. The standard InChI is InChI=1S/C13H16N2O2/c1-9-3-2-4-11-13(9)14-12(16)7-10-8-17-6-5-15(10)11/h2-4,10H,5-8H2,1H3,(H,14,16). The van der Waals surface area contributed by atoms with Crippen molar-refractivity contribution in [2.45, 2.75) is 19.4 Å². The Morgan fingerprint density at radius 2 is 2.35 bits per heavy atom. The first kappa shape index (κ1) is 10.6. The predicted molar refractivity (Wildman–Crippen MR) is 66.4 cm³/mol. The predicted octanol–water partition coefficient (Wildman–Crippen LogP) is 1.54. The van der Waals surface area contributed by atoms with Crippen LogP contribution in [0.2, 0.25) is 0 Å². The molecule has 2 heterocycles. The first-order valence-corrected chi connectivity index (χ1v) is 5.99. The van der Waals surface area contributed by atoms with Gasteiger partial charge in [-0.2, -0.15) is 0 Å². The summed E-state index contributed by atoms with van der Waals surface area (Å²) < 4.78 is 5.47. The maximum Gasteiger partial charge on any atom is 0.226 e. The minimum absolute atomic E-state index is 0.0820. The van der Waals surface area contributed by atoms with Gasteiger partial charge in [-0.15, -0.1) is 0 Å². The number of rotatable bonds is 0. The minimum atomic E-state index is 0.0820. The lowest BCUT2D eigenvalue weighted by molar-refractivity contribution is -0.116. The van der Waals surface area contributed by atoms with Crippen molar-refractivity contribution < 1.29 is 9.53 Å². The second kappa shape index (κ2) is 4.04. The Labute approximate surface area is 101 Å². The third-order valence-corrected chi connectivity index (χ3v) is 3.47. The first-order valence-electron chi connectivity index (χ1n) is 5.99.